The number of allylic oxidation sites excluding steroid dienone is 14. The molecule has 0 spiro atoms. The van der Waals surface area contributed by atoms with Gasteiger partial charge in [0, 0.05) is 19.3 Å². The Labute approximate surface area is 342 Å². The van der Waals surface area contributed by atoms with Gasteiger partial charge in [0.1, 0.15) is 6.61 Å². The van der Waals surface area contributed by atoms with Crippen LogP contribution in [0.3, 0.4) is 0 Å². The Morgan fingerprint density at radius 2 is 1.00 bits per heavy atom. The van der Waals surface area contributed by atoms with Gasteiger partial charge in [-0.05, 0) is 83.5 Å². The van der Waals surface area contributed by atoms with Gasteiger partial charge in [-0.2, -0.15) is 0 Å². The first-order chi connectivity index (χ1) is 27.1. The third-order valence-corrected chi connectivity index (χ3v) is 9.03. The molecule has 0 rings (SSSR count). The molecule has 0 amide bonds. The first-order valence-electron chi connectivity index (χ1n) is 21.6. The Morgan fingerprint density at radius 1 is 0.554 bits per heavy atom. The van der Waals surface area contributed by atoms with Gasteiger partial charge in [-0.1, -0.05) is 131 Å². The summed E-state index contributed by atoms with van der Waals surface area (Å²) in [5.74, 6) is -1.54. The molecular formula is C48H80NO7+. The molecule has 8 heteroatoms. The van der Waals surface area contributed by atoms with Crippen molar-refractivity contribution in [3.05, 3.63) is 85.1 Å². The number of nitrogens with zero attached hydrogens (tertiary/aromatic N) is 1. The predicted molar refractivity (Wildman–Crippen MR) is 233 cm³/mol. The number of rotatable bonds is 37. The van der Waals surface area contributed by atoms with Crippen molar-refractivity contribution in [2.75, 3.05) is 41.0 Å². The summed E-state index contributed by atoms with van der Waals surface area (Å²) in [4.78, 5) is 36.9. The van der Waals surface area contributed by atoms with Crippen LogP contribution in [0.1, 0.15) is 149 Å². The van der Waals surface area contributed by atoms with Crippen LogP contribution in [0.15, 0.2) is 85.1 Å². The number of carbonyl (C=O) groups excluding carboxylic acids is 2. The zero-order valence-corrected chi connectivity index (χ0v) is 36.1. The lowest BCUT2D eigenvalue weighted by Crippen LogP contribution is -2.50. The average Bonchev–Trinajstić information content (AvgIpc) is 3.15. The highest BCUT2D eigenvalue weighted by molar-refractivity contribution is 5.72. The van der Waals surface area contributed by atoms with Gasteiger partial charge in [-0.25, -0.2) is 4.79 Å². The first-order valence-corrected chi connectivity index (χ1v) is 21.6. The topological polar surface area (TPSA) is 99.1 Å². The normalized spacial score (nSPS) is 13.8. The Hall–Kier alpha value is -3.49. The first kappa shape index (κ1) is 52.5. The fraction of sp³-hybridized carbons (Fsp3) is 0.646. The van der Waals surface area contributed by atoms with Crippen LogP contribution in [0, 0.1) is 0 Å². The number of hydrogen-bond donors (Lipinski definition) is 1. The van der Waals surface area contributed by atoms with E-state index >= 15 is 0 Å². The minimum Gasteiger partial charge on any atom is -0.477 e. The molecule has 0 aliphatic heterocycles. The molecule has 0 heterocycles. The van der Waals surface area contributed by atoms with Crippen molar-refractivity contribution in [2.45, 2.75) is 161 Å². The molecule has 0 aromatic heterocycles. The van der Waals surface area contributed by atoms with E-state index in [1.807, 2.05) is 21.1 Å². The monoisotopic (exact) mass is 783 g/mol. The highest BCUT2D eigenvalue weighted by atomic mass is 16.6. The average molecular weight is 783 g/mol. The van der Waals surface area contributed by atoms with E-state index < -0.39 is 18.1 Å². The van der Waals surface area contributed by atoms with Crippen LogP contribution in [0.5, 0.6) is 0 Å². The SMILES string of the molecule is CC/C=C/C/C=C/C/C=C/C/C=C/C/C=C/C/C=C/CCCCCC(=O)OC(COCCC(C(=O)O)[N+](C)(C)C)COC(=O)CCCCCC/C=C/CCCC. The Bertz CT molecular complexity index is 1190. The summed E-state index contributed by atoms with van der Waals surface area (Å²) in [6, 6.07) is -0.626. The molecular weight excluding hydrogens is 703 g/mol. The molecule has 0 saturated carbocycles. The summed E-state index contributed by atoms with van der Waals surface area (Å²) in [7, 11) is 5.50. The molecule has 0 aliphatic rings. The molecule has 56 heavy (non-hydrogen) atoms. The van der Waals surface area contributed by atoms with Crippen molar-refractivity contribution < 1.29 is 38.2 Å². The van der Waals surface area contributed by atoms with Gasteiger partial charge in [0.25, 0.3) is 0 Å². The van der Waals surface area contributed by atoms with Crippen LogP contribution in [0.4, 0.5) is 0 Å². The summed E-state index contributed by atoms with van der Waals surface area (Å²) >= 11 is 0. The van der Waals surface area contributed by atoms with Crippen molar-refractivity contribution >= 4 is 17.9 Å². The fourth-order valence-corrected chi connectivity index (χ4v) is 5.66. The second-order valence-corrected chi connectivity index (χ2v) is 15.2. The number of carbonyl (C=O) groups is 3. The van der Waals surface area contributed by atoms with Gasteiger partial charge in [0.05, 0.1) is 34.4 Å². The molecule has 0 saturated heterocycles. The van der Waals surface area contributed by atoms with E-state index in [4.69, 9.17) is 14.2 Å². The number of hydrogen-bond acceptors (Lipinski definition) is 6. The van der Waals surface area contributed by atoms with Crippen molar-refractivity contribution in [1.29, 1.82) is 0 Å². The summed E-state index contributed by atoms with van der Waals surface area (Å²) < 4.78 is 17.2. The second kappa shape index (κ2) is 38.4. The standard InChI is InChI=1S/C48H79NO7/c1-6-8-10-12-14-16-18-19-20-21-22-23-24-25-26-27-28-29-31-33-35-37-39-47(51)56-44(42-54-41-40-45(48(52)53)49(3,4)5)43-55-46(50)38-36-34-32-30-17-15-13-11-9-7-2/h8,10,13-16,19-20,22-23,25-26,28-29,44-45H,6-7,9,11-12,17-18,21,24,27,30-43H2,1-5H3/p+1/b10-8+,15-13+,16-14+,20-19+,23-22+,26-25+,29-28+. The summed E-state index contributed by atoms with van der Waals surface area (Å²) in [6.45, 7) is 4.50. The van der Waals surface area contributed by atoms with E-state index in [-0.39, 0.29) is 42.7 Å². The van der Waals surface area contributed by atoms with E-state index in [0.29, 0.717) is 19.3 Å². The molecule has 0 aliphatic carbocycles. The molecule has 0 aromatic carbocycles. The van der Waals surface area contributed by atoms with Crippen LogP contribution in [0.25, 0.3) is 0 Å². The Balaban J connectivity index is 4.41. The van der Waals surface area contributed by atoms with Crippen LogP contribution in [-0.2, 0) is 28.6 Å². The maximum Gasteiger partial charge on any atom is 0.362 e. The quantitative estimate of drug-likeness (QED) is 0.0290. The van der Waals surface area contributed by atoms with Gasteiger partial charge < -0.3 is 23.8 Å². The lowest BCUT2D eigenvalue weighted by Gasteiger charge is -2.31. The van der Waals surface area contributed by atoms with Gasteiger partial charge in [-0.15, -0.1) is 0 Å². The van der Waals surface area contributed by atoms with E-state index in [1.54, 1.807) is 0 Å². The van der Waals surface area contributed by atoms with Crippen molar-refractivity contribution in [2.24, 2.45) is 0 Å². The van der Waals surface area contributed by atoms with Crippen molar-refractivity contribution in [1.82, 2.24) is 0 Å². The third kappa shape index (κ3) is 36.2. The maximum atomic E-state index is 12.7. The van der Waals surface area contributed by atoms with Crippen LogP contribution < -0.4 is 0 Å². The van der Waals surface area contributed by atoms with Crippen LogP contribution >= 0.6 is 0 Å². The smallest absolute Gasteiger partial charge is 0.362 e. The highest BCUT2D eigenvalue weighted by Crippen LogP contribution is 2.12. The Morgan fingerprint density at radius 3 is 1.50 bits per heavy atom. The molecule has 2 atom stereocenters. The third-order valence-electron chi connectivity index (χ3n) is 9.03. The van der Waals surface area contributed by atoms with Crippen molar-refractivity contribution in [3.63, 3.8) is 0 Å². The number of unbranched alkanes of at least 4 members (excludes halogenated alkanes) is 9. The molecule has 0 bridgehead atoms. The molecule has 0 radical (unpaired) electrons. The van der Waals surface area contributed by atoms with E-state index in [9.17, 15) is 19.5 Å². The zero-order chi connectivity index (χ0) is 41.4. The fourth-order valence-electron chi connectivity index (χ4n) is 5.66. The number of ether oxygens (including phenoxy) is 3. The number of quaternary nitrogens is 1. The number of carboxylic acid groups (broad SMARTS) is 1. The van der Waals surface area contributed by atoms with E-state index in [1.165, 1.54) is 12.8 Å². The lowest BCUT2D eigenvalue weighted by atomic mass is 10.1. The zero-order valence-electron chi connectivity index (χ0n) is 36.1. The number of esters is 2. The van der Waals surface area contributed by atoms with E-state index in [0.717, 1.165) is 96.3 Å². The number of aliphatic carboxylic acids is 1. The summed E-state index contributed by atoms with van der Waals surface area (Å²) in [5.41, 5.74) is 0. The molecule has 8 nitrogen and oxygen atoms in total. The molecule has 0 fully saturated rings. The van der Waals surface area contributed by atoms with Gasteiger partial charge in [-0.3, -0.25) is 9.59 Å². The van der Waals surface area contributed by atoms with Gasteiger partial charge in [0.2, 0.25) is 0 Å². The maximum absolute atomic E-state index is 12.7. The van der Waals surface area contributed by atoms with Gasteiger partial charge >= 0.3 is 17.9 Å². The second-order valence-electron chi connectivity index (χ2n) is 15.2. The van der Waals surface area contributed by atoms with Crippen LogP contribution in [-0.4, -0.2) is 80.6 Å². The van der Waals surface area contributed by atoms with Crippen LogP contribution in [0.2, 0.25) is 0 Å². The van der Waals surface area contributed by atoms with Gasteiger partial charge in [0.15, 0.2) is 12.1 Å². The summed E-state index contributed by atoms with van der Waals surface area (Å²) in [6.07, 6.45) is 49.2. The minimum absolute atomic E-state index is 0.0386. The largest absolute Gasteiger partial charge is 0.477 e. The van der Waals surface area contributed by atoms with E-state index in [2.05, 4.69) is 98.9 Å². The lowest BCUT2D eigenvalue weighted by molar-refractivity contribution is -0.887. The van der Waals surface area contributed by atoms with Crippen molar-refractivity contribution in [3.8, 4) is 0 Å². The molecule has 0 aromatic rings. The molecule has 318 valence electrons. The molecule has 1 N–H and O–H groups in total. The highest BCUT2D eigenvalue weighted by Gasteiger charge is 2.31. The Kier molecular flexibility index (Phi) is 36.0. The number of likely N-dealkylation sites (N-methyl/N-ethyl adjacent to an activating group) is 1. The minimum atomic E-state index is -0.887. The number of carboxylic acids is 1. The predicted octanol–water partition coefficient (Wildman–Crippen LogP) is 11.7. The summed E-state index contributed by atoms with van der Waals surface area (Å²) in [5, 5.41) is 9.60. The molecule has 2 unspecified atom stereocenters.